The van der Waals surface area contributed by atoms with Crippen LogP contribution in [0.4, 0.5) is 0 Å². The first-order valence-electron chi connectivity index (χ1n) is 7.86. The molecule has 0 saturated carbocycles. The number of piperidine rings is 1. The van der Waals surface area contributed by atoms with Gasteiger partial charge in [0.15, 0.2) is 0 Å². The Labute approximate surface area is 127 Å². The summed E-state index contributed by atoms with van der Waals surface area (Å²) in [5, 5.41) is 4.36. The van der Waals surface area contributed by atoms with Crippen molar-refractivity contribution in [3.8, 4) is 5.75 Å². The van der Waals surface area contributed by atoms with E-state index in [1.54, 1.807) is 0 Å². The van der Waals surface area contributed by atoms with Gasteiger partial charge in [0, 0.05) is 11.1 Å². The van der Waals surface area contributed by atoms with Crippen LogP contribution in [-0.4, -0.2) is 19.2 Å². The molecular weight excluding hydrogens is 270 g/mol. The molecule has 112 valence electrons. The van der Waals surface area contributed by atoms with E-state index in [0.29, 0.717) is 12.0 Å². The van der Waals surface area contributed by atoms with Crippen molar-refractivity contribution in [3.05, 3.63) is 28.8 Å². The third-order valence-corrected chi connectivity index (χ3v) is 4.49. The maximum Gasteiger partial charge on any atom is 0.122 e. The van der Waals surface area contributed by atoms with Crippen LogP contribution in [0, 0.1) is 0 Å². The van der Waals surface area contributed by atoms with Crippen molar-refractivity contribution in [2.24, 2.45) is 0 Å². The Balaban J connectivity index is 1.91. The van der Waals surface area contributed by atoms with Crippen LogP contribution in [0.1, 0.15) is 57.4 Å². The van der Waals surface area contributed by atoms with E-state index in [0.717, 1.165) is 36.8 Å². The van der Waals surface area contributed by atoms with Crippen molar-refractivity contribution in [1.29, 1.82) is 0 Å². The zero-order valence-electron chi connectivity index (χ0n) is 12.6. The Bertz CT molecular complexity index is 415. The van der Waals surface area contributed by atoms with Gasteiger partial charge < -0.3 is 10.1 Å². The zero-order chi connectivity index (χ0) is 14.4. The van der Waals surface area contributed by atoms with E-state index in [1.807, 2.05) is 18.2 Å². The number of rotatable bonds is 6. The van der Waals surface area contributed by atoms with Gasteiger partial charge in [-0.15, -0.1) is 0 Å². The molecule has 0 spiro atoms. The summed E-state index contributed by atoms with van der Waals surface area (Å²) in [6.45, 7) is 6.36. The van der Waals surface area contributed by atoms with Crippen molar-refractivity contribution in [2.45, 2.75) is 57.9 Å². The van der Waals surface area contributed by atoms with E-state index >= 15 is 0 Å². The molecule has 1 heterocycles. The van der Waals surface area contributed by atoms with Crippen LogP contribution in [0.2, 0.25) is 5.02 Å². The molecule has 2 atom stereocenters. The van der Waals surface area contributed by atoms with E-state index in [9.17, 15) is 0 Å². The van der Waals surface area contributed by atoms with E-state index in [1.165, 1.54) is 24.8 Å². The van der Waals surface area contributed by atoms with Gasteiger partial charge in [0.25, 0.3) is 0 Å². The minimum absolute atomic E-state index is 0.483. The Morgan fingerprint density at radius 1 is 1.40 bits per heavy atom. The highest BCUT2D eigenvalue weighted by Gasteiger charge is 2.14. The fourth-order valence-corrected chi connectivity index (χ4v) is 2.92. The standard InChI is InChI=1S/C17H26ClNO/c1-3-13(2)16-12-14(18)7-8-17(16)20-11-9-15-6-4-5-10-19-15/h7-8,12-13,15,19H,3-6,9-11H2,1-2H3/t13-,15-/m0/s1. The van der Waals surface area contributed by atoms with Crippen LogP contribution in [0.25, 0.3) is 0 Å². The summed E-state index contributed by atoms with van der Waals surface area (Å²) in [4.78, 5) is 0. The van der Waals surface area contributed by atoms with Crippen molar-refractivity contribution < 1.29 is 4.74 Å². The first-order valence-corrected chi connectivity index (χ1v) is 8.24. The molecule has 0 radical (unpaired) electrons. The lowest BCUT2D eigenvalue weighted by Gasteiger charge is -2.24. The highest BCUT2D eigenvalue weighted by molar-refractivity contribution is 6.30. The Morgan fingerprint density at radius 2 is 2.25 bits per heavy atom. The monoisotopic (exact) mass is 295 g/mol. The molecule has 1 aromatic rings. The molecule has 0 aromatic heterocycles. The van der Waals surface area contributed by atoms with Gasteiger partial charge in [0.2, 0.25) is 0 Å². The maximum absolute atomic E-state index is 6.11. The molecule has 1 saturated heterocycles. The molecule has 0 amide bonds. The molecule has 0 bridgehead atoms. The summed E-state index contributed by atoms with van der Waals surface area (Å²) in [5.41, 5.74) is 1.23. The Morgan fingerprint density at radius 3 is 2.95 bits per heavy atom. The average Bonchev–Trinajstić information content (AvgIpc) is 2.49. The van der Waals surface area contributed by atoms with Crippen LogP contribution < -0.4 is 10.1 Å². The first-order chi connectivity index (χ1) is 9.70. The van der Waals surface area contributed by atoms with Gasteiger partial charge in [0.05, 0.1) is 6.61 Å². The molecule has 1 fully saturated rings. The lowest BCUT2D eigenvalue weighted by Crippen LogP contribution is -2.35. The smallest absolute Gasteiger partial charge is 0.122 e. The number of halogens is 1. The average molecular weight is 296 g/mol. The van der Waals surface area contributed by atoms with Crippen LogP contribution >= 0.6 is 11.6 Å². The highest BCUT2D eigenvalue weighted by Crippen LogP contribution is 2.31. The van der Waals surface area contributed by atoms with E-state index in [2.05, 4.69) is 19.2 Å². The lowest BCUT2D eigenvalue weighted by molar-refractivity contribution is 0.265. The number of hydrogen-bond donors (Lipinski definition) is 1. The molecule has 2 rings (SSSR count). The highest BCUT2D eigenvalue weighted by atomic mass is 35.5. The zero-order valence-corrected chi connectivity index (χ0v) is 13.4. The minimum atomic E-state index is 0.483. The van der Waals surface area contributed by atoms with Crippen molar-refractivity contribution in [2.75, 3.05) is 13.2 Å². The Hall–Kier alpha value is -0.730. The number of ether oxygens (including phenoxy) is 1. The predicted molar refractivity (Wildman–Crippen MR) is 85.9 cm³/mol. The van der Waals surface area contributed by atoms with Gasteiger partial charge in [-0.05, 0) is 61.9 Å². The van der Waals surface area contributed by atoms with Gasteiger partial charge in [-0.25, -0.2) is 0 Å². The molecule has 1 aromatic carbocycles. The van der Waals surface area contributed by atoms with E-state index in [4.69, 9.17) is 16.3 Å². The number of benzene rings is 1. The molecule has 2 nitrogen and oxygen atoms in total. The summed E-state index contributed by atoms with van der Waals surface area (Å²) < 4.78 is 6.02. The van der Waals surface area contributed by atoms with Crippen LogP contribution in [0.3, 0.4) is 0 Å². The fraction of sp³-hybridized carbons (Fsp3) is 0.647. The molecule has 3 heteroatoms. The summed E-state index contributed by atoms with van der Waals surface area (Å²) in [5.74, 6) is 1.48. The van der Waals surface area contributed by atoms with Gasteiger partial charge in [-0.2, -0.15) is 0 Å². The van der Waals surface area contributed by atoms with Crippen LogP contribution in [0.15, 0.2) is 18.2 Å². The quantitative estimate of drug-likeness (QED) is 0.816. The van der Waals surface area contributed by atoms with Gasteiger partial charge in [0.1, 0.15) is 5.75 Å². The second kappa shape index (κ2) is 7.90. The normalized spacial score (nSPS) is 20.6. The Kier molecular flexibility index (Phi) is 6.18. The van der Waals surface area contributed by atoms with Crippen LogP contribution in [0.5, 0.6) is 5.75 Å². The number of nitrogens with one attached hydrogen (secondary N) is 1. The second-order valence-electron chi connectivity index (χ2n) is 5.78. The molecule has 0 unspecified atom stereocenters. The van der Waals surface area contributed by atoms with E-state index in [-0.39, 0.29) is 0 Å². The first kappa shape index (κ1) is 15.7. The van der Waals surface area contributed by atoms with Gasteiger partial charge >= 0.3 is 0 Å². The van der Waals surface area contributed by atoms with Crippen molar-refractivity contribution >= 4 is 11.6 Å². The SMILES string of the molecule is CC[C@H](C)c1cc(Cl)ccc1OCC[C@@H]1CCCCN1. The van der Waals surface area contributed by atoms with E-state index < -0.39 is 0 Å². The van der Waals surface area contributed by atoms with Gasteiger partial charge in [-0.3, -0.25) is 0 Å². The molecule has 0 aliphatic carbocycles. The van der Waals surface area contributed by atoms with Crippen LogP contribution in [-0.2, 0) is 0 Å². The number of hydrogen-bond acceptors (Lipinski definition) is 2. The third kappa shape index (κ3) is 4.39. The second-order valence-corrected chi connectivity index (χ2v) is 6.21. The predicted octanol–water partition coefficient (Wildman–Crippen LogP) is 4.76. The summed E-state index contributed by atoms with van der Waals surface area (Å²) >= 11 is 6.11. The van der Waals surface area contributed by atoms with Gasteiger partial charge in [-0.1, -0.05) is 31.9 Å². The molecule has 1 N–H and O–H groups in total. The van der Waals surface area contributed by atoms with Crippen molar-refractivity contribution in [3.63, 3.8) is 0 Å². The minimum Gasteiger partial charge on any atom is -0.493 e. The molecule has 1 aliphatic rings. The molecule has 1 aliphatic heterocycles. The molecule has 20 heavy (non-hydrogen) atoms. The summed E-state index contributed by atoms with van der Waals surface area (Å²) in [6, 6.07) is 6.60. The lowest BCUT2D eigenvalue weighted by atomic mass is 9.97. The van der Waals surface area contributed by atoms with Crippen molar-refractivity contribution in [1.82, 2.24) is 5.32 Å². The topological polar surface area (TPSA) is 21.3 Å². The molecular formula is C17H26ClNO. The third-order valence-electron chi connectivity index (χ3n) is 4.25. The summed E-state index contributed by atoms with van der Waals surface area (Å²) in [7, 11) is 0. The maximum atomic E-state index is 6.11. The summed E-state index contributed by atoms with van der Waals surface area (Å²) in [6.07, 6.45) is 6.12. The largest absolute Gasteiger partial charge is 0.493 e. The fourth-order valence-electron chi connectivity index (χ4n) is 2.74.